The molecule has 0 radical (unpaired) electrons. The molecule has 19 heavy (non-hydrogen) atoms. The lowest BCUT2D eigenvalue weighted by atomic mass is 9.80. The van der Waals surface area contributed by atoms with E-state index in [0.29, 0.717) is 0 Å². The Labute approximate surface area is 116 Å². The van der Waals surface area contributed by atoms with Crippen LogP contribution in [0.2, 0.25) is 0 Å². The third-order valence-corrected chi connectivity index (χ3v) is 3.77. The molecule has 3 heteroatoms. The van der Waals surface area contributed by atoms with Gasteiger partial charge in [0, 0.05) is 0 Å². The first-order valence-corrected chi connectivity index (χ1v) is 6.66. The van der Waals surface area contributed by atoms with Gasteiger partial charge in [-0.3, -0.25) is 0 Å². The number of hydrogen-bond acceptors (Lipinski definition) is 2. The highest BCUT2D eigenvalue weighted by Crippen LogP contribution is 2.36. The zero-order valence-electron chi connectivity index (χ0n) is 12.1. The summed E-state index contributed by atoms with van der Waals surface area (Å²) >= 11 is 0. The van der Waals surface area contributed by atoms with Gasteiger partial charge in [-0.2, -0.15) is 0 Å². The molecule has 2 nitrogen and oxygen atoms in total. The summed E-state index contributed by atoms with van der Waals surface area (Å²) in [5.74, 6) is 0. The van der Waals surface area contributed by atoms with Crippen LogP contribution in [-0.4, -0.2) is 18.3 Å². The van der Waals surface area contributed by atoms with Crippen molar-refractivity contribution in [1.29, 1.82) is 0 Å². The standard InChI is InChI=1S/C16H21BO2/c1-15(2)16(3,4)19-17(18-15)14-12-10-8-6-5-7-9-11-13-14/h5-13H,1-4H3. The zero-order valence-corrected chi connectivity index (χ0v) is 12.1. The fraction of sp³-hybridized carbons (Fsp3) is 0.375. The minimum atomic E-state index is -0.317. The van der Waals surface area contributed by atoms with E-state index in [9.17, 15) is 0 Å². The van der Waals surface area contributed by atoms with Gasteiger partial charge in [0.25, 0.3) is 0 Å². The molecule has 0 atom stereocenters. The lowest BCUT2D eigenvalue weighted by Crippen LogP contribution is -2.41. The number of rotatable bonds is 1. The Morgan fingerprint density at radius 2 is 1.05 bits per heavy atom. The minimum Gasteiger partial charge on any atom is -0.399 e. The van der Waals surface area contributed by atoms with Gasteiger partial charge in [0.15, 0.2) is 0 Å². The topological polar surface area (TPSA) is 18.5 Å². The van der Waals surface area contributed by atoms with Gasteiger partial charge in [0.1, 0.15) is 0 Å². The van der Waals surface area contributed by atoms with Crippen LogP contribution in [0.1, 0.15) is 27.7 Å². The van der Waals surface area contributed by atoms with Gasteiger partial charge in [-0.25, -0.2) is 0 Å². The van der Waals surface area contributed by atoms with Gasteiger partial charge in [-0.15, -0.1) is 0 Å². The molecule has 1 heterocycles. The Hall–Kier alpha value is -1.32. The molecule has 1 aromatic rings. The van der Waals surface area contributed by atoms with Crippen molar-refractivity contribution in [2.45, 2.75) is 38.9 Å². The van der Waals surface area contributed by atoms with Crippen LogP contribution >= 0.6 is 0 Å². The molecule has 1 fully saturated rings. The predicted octanol–water partition coefficient (Wildman–Crippen LogP) is 3.11. The van der Waals surface area contributed by atoms with Crippen LogP contribution in [0.25, 0.3) is 0 Å². The zero-order chi connectivity index (χ0) is 13.9. The number of hydrogen-bond donors (Lipinski definition) is 0. The van der Waals surface area contributed by atoms with E-state index in [0.717, 1.165) is 5.46 Å². The quantitative estimate of drug-likeness (QED) is 0.719. The lowest BCUT2D eigenvalue weighted by Gasteiger charge is -2.32. The van der Waals surface area contributed by atoms with Crippen LogP contribution in [-0.2, 0) is 9.31 Å². The van der Waals surface area contributed by atoms with Crippen LogP contribution in [0.15, 0.2) is 54.6 Å². The largest absolute Gasteiger partial charge is 0.494 e. The second-order valence-corrected chi connectivity index (χ2v) is 5.77. The van der Waals surface area contributed by atoms with Crippen molar-refractivity contribution in [3.8, 4) is 0 Å². The molecule has 1 aliphatic rings. The Morgan fingerprint density at radius 3 is 1.47 bits per heavy atom. The van der Waals surface area contributed by atoms with Crippen molar-refractivity contribution in [3.05, 3.63) is 54.6 Å². The molecule has 0 amide bonds. The van der Waals surface area contributed by atoms with Gasteiger partial charge >= 0.3 is 7.12 Å². The molecular weight excluding hydrogens is 235 g/mol. The first-order valence-electron chi connectivity index (χ1n) is 6.66. The Balaban J connectivity index is 2.34. The summed E-state index contributed by atoms with van der Waals surface area (Å²) in [7, 11) is -0.317. The van der Waals surface area contributed by atoms with Crippen molar-refractivity contribution in [3.63, 3.8) is 0 Å². The van der Waals surface area contributed by atoms with Crippen molar-refractivity contribution in [2.24, 2.45) is 0 Å². The van der Waals surface area contributed by atoms with Crippen LogP contribution in [0, 0.1) is 0 Å². The summed E-state index contributed by atoms with van der Waals surface area (Å²) in [6.45, 7) is 8.26. The van der Waals surface area contributed by atoms with E-state index in [1.165, 1.54) is 0 Å². The third-order valence-electron chi connectivity index (χ3n) is 3.77. The van der Waals surface area contributed by atoms with Crippen LogP contribution < -0.4 is 5.46 Å². The van der Waals surface area contributed by atoms with Gasteiger partial charge in [0.2, 0.25) is 0 Å². The SMILES string of the molecule is CC1(C)OB(c2ccccccccc2)OC1(C)C. The van der Waals surface area contributed by atoms with Crippen molar-refractivity contribution in [1.82, 2.24) is 0 Å². The van der Waals surface area contributed by atoms with Crippen LogP contribution in [0.4, 0.5) is 0 Å². The normalized spacial score (nSPS) is 19.9. The Kier molecular flexibility index (Phi) is 3.97. The molecule has 0 spiro atoms. The Morgan fingerprint density at radius 1 is 0.684 bits per heavy atom. The maximum atomic E-state index is 6.05. The van der Waals surface area contributed by atoms with E-state index in [1.54, 1.807) is 0 Å². The summed E-state index contributed by atoms with van der Waals surface area (Å²) in [5.41, 5.74) is 0.414. The molecule has 0 bridgehead atoms. The first kappa shape index (κ1) is 14.1. The Bertz CT molecular complexity index is 455. The second kappa shape index (κ2) is 5.36. The van der Waals surface area contributed by atoms with Crippen LogP contribution in [0.3, 0.4) is 0 Å². The maximum absolute atomic E-state index is 6.05. The maximum Gasteiger partial charge on any atom is 0.494 e. The third kappa shape index (κ3) is 3.17. The molecule has 100 valence electrons. The summed E-state index contributed by atoms with van der Waals surface area (Å²) < 4.78 is 12.1. The molecule has 1 saturated heterocycles. The first-order chi connectivity index (χ1) is 8.92. The molecule has 0 N–H and O–H groups in total. The van der Waals surface area contributed by atoms with Gasteiger partial charge < -0.3 is 9.31 Å². The lowest BCUT2D eigenvalue weighted by molar-refractivity contribution is 0.00578. The molecule has 0 saturated carbocycles. The molecule has 1 aromatic carbocycles. The van der Waals surface area contributed by atoms with Gasteiger partial charge in [0.05, 0.1) is 11.2 Å². The molecule has 0 aliphatic carbocycles. The van der Waals surface area contributed by atoms with Crippen molar-refractivity contribution in [2.75, 3.05) is 0 Å². The molecular formula is C16H21BO2. The average Bonchev–Trinajstić information content (AvgIpc) is 2.55. The average molecular weight is 256 g/mol. The van der Waals surface area contributed by atoms with E-state index in [4.69, 9.17) is 9.31 Å². The molecule has 1 aliphatic heterocycles. The van der Waals surface area contributed by atoms with E-state index in [2.05, 4.69) is 27.7 Å². The molecule has 0 aromatic heterocycles. The van der Waals surface area contributed by atoms with E-state index < -0.39 is 0 Å². The van der Waals surface area contributed by atoms with E-state index in [-0.39, 0.29) is 18.3 Å². The van der Waals surface area contributed by atoms with E-state index >= 15 is 0 Å². The van der Waals surface area contributed by atoms with Gasteiger partial charge in [-0.1, -0.05) is 54.6 Å². The molecule has 0 unspecified atom stereocenters. The highest BCUT2D eigenvalue weighted by Gasteiger charge is 2.51. The summed E-state index contributed by atoms with van der Waals surface area (Å²) in [5, 5.41) is 0. The second-order valence-electron chi connectivity index (χ2n) is 5.77. The van der Waals surface area contributed by atoms with Crippen molar-refractivity contribution < 1.29 is 9.31 Å². The summed E-state index contributed by atoms with van der Waals surface area (Å²) in [4.78, 5) is 0. The predicted molar refractivity (Wildman–Crippen MR) is 79.8 cm³/mol. The monoisotopic (exact) mass is 256 g/mol. The highest BCUT2D eigenvalue weighted by atomic mass is 16.7. The van der Waals surface area contributed by atoms with Gasteiger partial charge in [-0.05, 0) is 33.2 Å². The summed E-state index contributed by atoms with van der Waals surface area (Å²) in [6, 6.07) is 18.0. The smallest absolute Gasteiger partial charge is 0.399 e. The minimum absolute atomic E-state index is 0.304. The summed E-state index contributed by atoms with van der Waals surface area (Å²) in [6.07, 6.45) is 0. The van der Waals surface area contributed by atoms with Crippen molar-refractivity contribution >= 4 is 12.6 Å². The van der Waals surface area contributed by atoms with Crippen LogP contribution in [0.5, 0.6) is 0 Å². The highest BCUT2D eigenvalue weighted by molar-refractivity contribution is 6.62. The molecule has 2 rings (SSSR count). The van der Waals surface area contributed by atoms with E-state index in [1.807, 2.05) is 54.6 Å². The fourth-order valence-corrected chi connectivity index (χ4v) is 1.85. The fourth-order valence-electron chi connectivity index (χ4n) is 1.85.